The van der Waals surface area contributed by atoms with Gasteiger partial charge in [-0.1, -0.05) is 27.7 Å². The van der Waals surface area contributed by atoms with Crippen molar-refractivity contribution in [1.29, 1.82) is 0 Å². The maximum atomic E-state index is 5.43. The summed E-state index contributed by atoms with van der Waals surface area (Å²) in [6, 6.07) is 0. The lowest BCUT2D eigenvalue weighted by Crippen LogP contribution is -2.15. The van der Waals surface area contributed by atoms with E-state index >= 15 is 0 Å². The van der Waals surface area contributed by atoms with Crippen LogP contribution in [0.3, 0.4) is 0 Å². The van der Waals surface area contributed by atoms with Gasteiger partial charge in [0.1, 0.15) is 0 Å². The molecule has 0 aromatic rings. The van der Waals surface area contributed by atoms with Crippen molar-refractivity contribution in [2.24, 2.45) is 5.41 Å². The zero-order valence-corrected chi connectivity index (χ0v) is 6.77. The highest BCUT2D eigenvalue weighted by atomic mass is 16.6. The quantitative estimate of drug-likeness (QED) is 0.493. The maximum Gasteiger partial charge on any atom is 0.0889 e. The van der Waals surface area contributed by atoms with Crippen LogP contribution in [0.2, 0.25) is 0 Å². The van der Waals surface area contributed by atoms with Crippen LogP contribution in [0.5, 0.6) is 0 Å². The van der Waals surface area contributed by atoms with Crippen LogP contribution >= 0.6 is 0 Å². The molecule has 1 rings (SSSR count). The van der Waals surface area contributed by atoms with Crippen molar-refractivity contribution in [3.05, 3.63) is 0 Å². The minimum Gasteiger partial charge on any atom is -0.369 e. The lowest BCUT2D eigenvalue weighted by molar-refractivity contribution is 0.260. The van der Waals surface area contributed by atoms with Crippen LogP contribution < -0.4 is 0 Å². The molecule has 0 aromatic heterocycles. The first-order valence-corrected chi connectivity index (χ1v) is 3.71. The summed E-state index contributed by atoms with van der Waals surface area (Å²) < 4.78 is 5.43. The fourth-order valence-electron chi connectivity index (χ4n) is 1.22. The normalized spacial score (nSPS) is 34.7. The summed E-state index contributed by atoms with van der Waals surface area (Å²) in [7, 11) is 0. The summed E-state index contributed by atoms with van der Waals surface area (Å²) in [5, 5.41) is 0. The minimum atomic E-state index is 0.362. The molecule has 0 N–H and O–H groups in total. The SMILES string of the molecule is CC[C@@H]1O[C@H]1C(C)(C)C. The van der Waals surface area contributed by atoms with E-state index in [9.17, 15) is 0 Å². The van der Waals surface area contributed by atoms with Crippen LogP contribution in [0, 0.1) is 5.41 Å². The Bertz CT molecular complexity index is 102. The molecule has 9 heavy (non-hydrogen) atoms. The zero-order valence-electron chi connectivity index (χ0n) is 6.77. The lowest BCUT2D eigenvalue weighted by Gasteiger charge is -2.13. The van der Waals surface area contributed by atoms with Gasteiger partial charge in [0.15, 0.2) is 0 Å². The van der Waals surface area contributed by atoms with Gasteiger partial charge in [0.2, 0.25) is 0 Å². The second-order valence-corrected chi connectivity index (χ2v) is 3.87. The molecule has 1 saturated heterocycles. The Kier molecular flexibility index (Phi) is 1.55. The van der Waals surface area contributed by atoms with E-state index < -0.39 is 0 Å². The Hall–Kier alpha value is -0.0400. The third-order valence-electron chi connectivity index (χ3n) is 1.84. The Morgan fingerprint density at radius 2 is 1.89 bits per heavy atom. The number of epoxide rings is 1. The Morgan fingerprint density at radius 1 is 1.33 bits per heavy atom. The highest BCUT2D eigenvalue weighted by molar-refractivity contribution is 4.92. The molecule has 0 spiro atoms. The molecule has 2 atom stereocenters. The smallest absolute Gasteiger partial charge is 0.0889 e. The van der Waals surface area contributed by atoms with E-state index in [4.69, 9.17) is 4.74 Å². The van der Waals surface area contributed by atoms with Crippen molar-refractivity contribution in [3.63, 3.8) is 0 Å². The molecule has 1 fully saturated rings. The van der Waals surface area contributed by atoms with Gasteiger partial charge in [0, 0.05) is 0 Å². The molecule has 1 heterocycles. The minimum absolute atomic E-state index is 0.362. The molecular formula is C8H16O. The molecular weight excluding hydrogens is 112 g/mol. The molecule has 1 heteroatoms. The molecule has 0 unspecified atom stereocenters. The fraction of sp³-hybridized carbons (Fsp3) is 1.00. The van der Waals surface area contributed by atoms with Gasteiger partial charge in [0.05, 0.1) is 12.2 Å². The molecule has 54 valence electrons. The lowest BCUT2D eigenvalue weighted by atomic mass is 9.90. The largest absolute Gasteiger partial charge is 0.369 e. The van der Waals surface area contributed by atoms with E-state index in [0.717, 1.165) is 0 Å². The Balaban J connectivity index is 2.33. The summed E-state index contributed by atoms with van der Waals surface area (Å²) >= 11 is 0. The van der Waals surface area contributed by atoms with Crippen molar-refractivity contribution in [2.75, 3.05) is 0 Å². The van der Waals surface area contributed by atoms with Crippen LogP contribution in [0.15, 0.2) is 0 Å². The second-order valence-electron chi connectivity index (χ2n) is 3.87. The van der Waals surface area contributed by atoms with Crippen LogP contribution in [0.25, 0.3) is 0 Å². The summed E-state index contributed by atoms with van der Waals surface area (Å²) in [5.74, 6) is 0. The van der Waals surface area contributed by atoms with E-state index in [2.05, 4.69) is 27.7 Å². The van der Waals surface area contributed by atoms with Crippen LogP contribution in [0.1, 0.15) is 34.1 Å². The van der Waals surface area contributed by atoms with E-state index in [1.54, 1.807) is 0 Å². The molecule has 0 aliphatic carbocycles. The molecule has 0 radical (unpaired) electrons. The van der Waals surface area contributed by atoms with Gasteiger partial charge in [0.25, 0.3) is 0 Å². The highest BCUT2D eigenvalue weighted by Gasteiger charge is 2.45. The molecule has 0 amide bonds. The van der Waals surface area contributed by atoms with Crippen molar-refractivity contribution < 1.29 is 4.74 Å². The third-order valence-corrected chi connectivity index (χ3v) is 1.84. The first-order chi connectivity index (χ1) is 4.05. The van der Waals surface area contributed by atoms with Gasteiger partial charge in [-0.3, -0.25) is 0 Å². The first-order valence-electron chi connectivity index (χ1n) is 3.71. The average molecular weight is 128 g/mol. The maximum absolute atomic E-state index is 5.43. The van der Waals surface area contributed by atoms with Gasteiger partial charge in [-0.2, -0.15) is 0 Å². The molecule has 1 aliphatic rings. The molecule has 1 nitrogen and oxygen atoms in total. The Labute approximate surface area is 57.4 Å². The standard InChI is InChI=1S/C8H16O/c1-5-6-7(9-6)8(2,3)4/h6-7H,5H2,1-4H3/t6-,7+/m0/s1. The average Bonchev–Trinajstić information content (AvgIpc) is 2.39. The van der Waals surface area contributed by atoms with Gasteiger partial charge >= 0.3 is 0 Å². The van der Waals surface area contributed by atoms with Gasteiger partial charge < -0.3 is 4.74 Å². The predicted molar refractivity (Wildman–Crippen MR) is 38.4 cm³/mol. The zero-order chi connectivity index (χ0) is 7.07. The van der Waals surface area contributed by atoms with E-state index in [-0.39, 0.29) is 0 Å². The summed E-state index contributed by atoms with van der Waals surface area (Å²) in [5.41, 5.74) is 0.362. The van der Waals surface area contributed by atoms with Crippen molar-refractivity contribution in [1.82, 2.24) is 0 Å². The Morgan fingerprint density at radius 3 is 2.00 bits per heavy atom. The van der Waals surface area contributed by atoms with Crippen LogP contribution in [-0.4, -0.2) is 12.2 Å². The number of rotatable bonds is 1. The van der Waals surface area contributed by atoms with E-state index in [1.165, 1.54) is 6.42 Å². The van der Waals surface area contributed by atoms with Gasteiger partial charge in [-0.15, -0.1) is 0 Å². The van der Waals surface area contributed by atoms with Crippen molar-refractivity contribution in [2.45, 2.75) is 46.3 Å². The number of ether oxygens (including phenoxy) is 1. The monoisotopic (exact) mass is 128 g/mol. The van der Waals surface area contributed by atoms with Gasteiger partial charge in [-0.05, 0) is 11.8 Å². The van der Waals surface area contributed by atoms with Crippen molar-refractivity contribution >= 4 is 0 Å². The van der Waals surface area contributed by atoms with Gasteiger partial charge in [-0.25, -0.2) is 0 Å². The third kappa shape index (κ3) is 1.45. The predicted octanol–water partition coefficient (Wildman–Crippen LogP) is 2.21. The molecule has 0 saturated carbocycles. The van der Waals surface area contributed by atoms with Crippen LogP contribution in [-0.2, 0) is 4.74 Å². The summed E-state index contributed by atoms with van der Waals surface area (Å²) in [6.07, 6.45) is 2.26. The fourth-order valence-corrected chi connectivity index (χ4v) is 1.22. The topological polar surface area (TPSA) is 12.5 Å². The summed E-state index contributed by atoms with van der Waals surface area (Å²) in [6.45, 7) is 8.87. The first kappa shape index (κ1) is 7.07. The van der Waals surface area contributed by atoms with Crippen LogP contribution in [0.4, 0.5) is 0 Å². The van der Waals surface area contributed by atoms with Crippen molar-refractivity contribution in [3.8, 4) is 0 Å². The highest BCUT2D eigenvalue weighted by Crippen LogP contribution is 2.39. The molecule has 0 bridgehead atoms. The second kappa shape index (κ2) is 1.98. The molecule has 1 aliphatic heterocycles. The number of hydrogen-bond donors (Lipinski definition) is 0. The number of hydrogen-bond acceptors (Lipinski definition) is 1. The van der Waals surface area contributed by atoms with E-state index in [1.807, 2.05) is 0 Å². The summed E-state index contributed by atoms with van der Waals surface area (Å²) in [4.78, 5) is 0. The molecule has 0 aromatic carbocycles. The van der Waals surface area contributed by atoms with E-state index in [0.29, 0.717) is 17.6 Å².